The highest BCUT2D eigenvalue weighted by atomic mass is 19.1. The van der Waals surface area contributed by atoms with E-state index < -0.39 is 23.1 Å². The van der Waals surface area contributed by atoms with Crippen molar-refractivity contribution in [3.05, 3.63) is 65.0 Å². The number of nitrogens with zero attached hydrogens (tertiary/aromatic N) is 1. The molecule has 0 saturated heterocycles. The number of nitrogens with one attached hydrogen (secondary N) is 1. The van der Waals surface area contributed by atoms with Gasteiger partial charge in [-0.3, -0.25) is 4.79 Å². The third kappa shape index (κ3) is 5.45. The van der Waals surface area contributed by atoms with E-state index in [1.807, 2.05) is 0 Å². The molecule has 0 radical (unpaired) electrons. The Balaban J connectivity index is 2.07. The van der Waals surface area contributed by atoms with Crippen molar-refractivity contribution in [2.75, 3.05) is 6.54 Å². The van der Waals surface area contributed by atoms with E-state index in [0.29, 0.717) is 5.56 Å². The summed E-state index contributed by atoms with van der Waals surface area (Å²) in [4.78, 5) is 15.8. The van der Waals surface area contributed by atoms with Gasteiger partial charge in [0.1, 0.15) is 17.3 Å². The minimum atomic E-state index is -1.01. The Morgan fingerprint density at radius 2 is 1.79 bits per heavy atom. The third-order valence-electron chi connectivity index (χ3n) is 2.89. The van der Waals surface area contributed by atoms with Crippen molar-refractivity contribution >= 4 is 5.91 Å². The van der Waals surface area contributed by atoms with Crippen molar-refractivity contribution in [3.8, 4) is 11.8 Å². The zero-order valence-electron chi connectivity index (χ0n) is 13.2. The normalized spacial score (nSPS) is 10.7. The number of aromatic nitrogens is 1. The fourth-order valence-electron chi connectivity index (χ4n) is 1.76. The van der Waals surface area contributed by atoms with Gasteiger partial charge in [0.15, 0.2) is 0 Å². The van der Waals surface area contributed by atoms with E-state index in [1.165, 1.54) is 12.3 Å². The molecule has 1 amide bonds. The maximum Gasteiger partial charge on any atom is 0.269 e. The van der Waals surface area contributed by atoms with Gasteiger partial charge >= 0.3 is 0 Å². The third-order valence-corrected chi connectivity index (χ3v) is 2.89. The van der Waals surface area contributed by atoms with Crippen molar-refractivity contribution in [1.82, 2.24) is 10.3 Å². The SMILES string of the molecule is CC(C)(O)CNC(=O)c1ccc(C#Cc2cc(F)cc(F)c2)cn1. The number of rotatable bonds is 3. The van der Waals surface area contributed by atoms with Crippen LogP contribution in [0.25, 0.3) is 0 Å². The van der Waals surface area contributed by atoms with E-state index in [1.54, 1.807) is 19.9 Å². The van der Waals surface area contributed by atoms with E-state index in [9.17, 15) is 18.7 Å². The predicted molar refractivity (Wildman–Crippen MR) is 85.2 cm³/mol. The first-order valence-electron chi connectivity index (χ1n) is 7.18. The van der Waals surface area contributed by atoms with Crippen LogP contribution in [-0.2, 0) is 0 Å². The number of pyridine rings is 1. The molecule has 0 spiro atoms. The van der Waals surface area contributed by atoms with Gasteiger partial charge in [0.2, 0.25) is 0 Å². The minimum absolute atomic E-state index is 0.0974. The topological polar surface area (TPSA) is 62.2 Å². The Bertz CT molecular complexity index is 780. The highest BCUT2D eigenvalue weighted by molar-refractivity contribution is 5.92. The molecular weight excluding hydrogens is 314 g/mol. The fraction of sp³-hybridized carbons (Fsp3) is 0.222. The van der Waals surface area contributed by atoms with Crippen LogP contribution in [-0.4, -0.2) is 28.1 Å². The summed E-state index contributed by atoms with van der Waals surface area (Å²) in [6.07, 6.45) is 1.39. The van der Waals surface area contributed by atoms with Crippen LogP contribution in [0.5, 0.6) is 0 Å². The van der Waals surface area contributed by atoms with Crippen LogP contribution in [0.1, 0.15) is 35.5 Å². The average Bonchev–Trinajstić information content (AvgIpc) is 2.49. The van der Waals surface area contributed by atoms with Crippen LogP contribution in [0.2, 0.25) is 0 Å². The molecule has 0 bridgehead atoms. The second-order valence-corrected chi connectivity index (χ2v) is 5.84. The molecule has 0 aliphatic heterocycles. The van der Waals surface area contributed by atoms with Crippen molar-refractivity contribution < 1.29 is 18.7 Å². The molecule has 0 fully saturated rings. The van der Waals surface area contributed by atoms with Crippen molar-refractivity contribution in [2.45, 2.75) is 19.4 Å². The first-order valence-corrected chi connectivity index (χ1v) is 7.18. The van der Waals surface area contributed by atoms with Crippen LogP contribution < -0.4 is 5.32 Å². The van der Waals surface area contributed by atoms with E-state index >= 15 is 0 Å². The minimum Gasteiger partial charge on any atom is -0.389 e. The smallest absolute Gasteiger partial charge is 0.269 e. The number of hydrogen-bond acceptors (Lipinski definition) is 3. The summed E-state index contributed by atoms with van der Waals surface area (Å²) in [6.45, 7) is 3.25. The molecule has 0 atom stereocenters. The standard InChI is InChI=1S/C18H16F2N2O2/c1-18(2,24)11-22-17(23)16-6-5-12(10-21-16)3-4-13-7-14(19)9-15(20)8-13/h5-10,24H,11H2,1-2H3,(H,22,23). The Labute approximate surface area is 138 Å². The average molecular weight is 330 g/mol. The second-order valence-electron chi connectivity index (χ2n) is 5.84. The van der Waals surface area contributed by atoms with Gasteiger partial charge < -0.3 is 10.4 Å². The quantitative estimate of drug-likeness (QED) is 0.849. The summed E-state index contributed by atoms with van der Waals surface area (Å²) in [5, 5.41) is 12.1. The lowest BCUT2D eigenvalue weighted by Crippen LogP contribution is -2.38. The van der Waals surface area contributed by atoms with Gasteiger partial charge in [0.05, 0.1) is 5.60 Å². The summed E-state index contributed by atoms with van der Waals surface area (Å²) in [5.41, 5.74) is -0.124. The van der Waals surface area contributed by atoms with Gasteiger partial charge in [0.25, 0.3) is 5.91 Å². The number of halogens is 2. The first kappa shape index (κ1) is 17.6. The van der Waals surface area contributed by atoms with Crippen molar-refractivity contribution in [3.63, 3.8) is 0 Å². The molecular formula is C18H16F2N2O2. The Morgan fingerprint density at radius 3 is 2.33 bits per heavy atom. The lowest BCUT2D eigenvalue weighted by Gasteiger charge is -2.17. The van der Waals surface area contributed by atoms with Gasteiger partial charge in [-0.25, -0.2) is 13.8 Å². The number of hydrogen-bond donors (Lipinski definition) is 2. The molecule has 0 aliphatic carbocycles. The van der Waals surface area contributed by atoms with Gasteiger partial charge in [-0.2, -0.15) is 0 Å². The summed E-state index contributed by atoms with van der Waals surface area (Å²) >= 11 is 0. The fourth-order valence-corrected chi connectivity index (χ4v) is 1.76. The summed E-state index contributed by atoms with van der Waals surface area (Å²) in [6, 6.07) is 6.09. The molecule has 6 heteroatoms. The molecule has 124 valence electrons. The lowest BCUT2D eigenvalue weighted by molar-refractivity contribution is 0.0692. The van der Waals surface area contributed by atoms with Crippen LogP contribution in [0, 0.1) is 23.5 Å². The highest BCUT2D eigenvalue weighted by Crippen LogP contribution is 2.07. The number of carbonyl (C=O) groups is 1. The zero-order chi connectivity index (χ0) is 17.7. The number of benzene rings is 1. The largest absolute Gasteiger partial charge is 0.389 e. The Morgan fingerprint density at radius 1 is 1.17 bits per heavy atom. The van der Waals surface area contributed by atoms with E-state index in [4.69, 9.17) is 0 Å². The summed E-state index contributed by atoms with van der Waals surface area (Å²) in [5.74, 6) is 3.54. The van der Waals surface area contributed by atoms with Gasteiger partial charge in [-0.1, -0.05) is 11.8 Å². The van der Waals surface area contributed by atoms with Crippen LogP contribution in [0.15, 0.2) is 36.5 Å². The van der Waals surface area contributed by atoms with Crippen LogP contribution in [0.3, 0.4) is 0 Å². The molecule has 1 aromatic carbocycles. The van der Waals surface area contributed by atoms with E-state index in [0.717, 1.165) is 18.2 Å². The summed E-state index contributed by atoms with van der Waals surface area (Å²) in [7, 11) is 0. The van der Waals surface area contributed by atoms with Crippen LogP contribution >= 0.6 is 0 Å². The van der Waals surface area contributed by atoms with Crippen molar-refractivity contribution in [1.29, 1.82) is 0 Å². The number of carbonyl (C=O) groups excluding carboxylic acids is 1. The number of aliphatic hydroxyl groups is 1. The van der Waals surface area contributed by atoms with Crippen LogP contribution in [0.4, 0.5) is 8.78 Å². The molecule has 2 rings (SSSR count). The molecule has 1 aromatic heterocycles. The monoisotopic (exact) mass is 330 g/mol. The lowest BCUT2D eigenvalue weighted by atomic mass is 10.1. The molecule has 0 unspecified atom stereocenters. The maximum atomic E-state index is 13.1. The van der Waals surface area contributed by atoms with E-state index in [2.05, 4.69) is 22.1 Å². The molecule has 24 heavy (non-hydrogen) atoms. The van der Waals surface area contributed by atoms with Gasteiger partial charge in [-0.05, 0) is 38.1 Å². The molecule has 0 aliphatic rings. The van der Waals surface area contributed by atoms with Crippen molar-refractivity contribution in [2.24, 2.45) is 0 Å². The zero-order valence-corrected chi connectivity index (χ0v) is 13.2. The maximum absolute atomic E-state index is 13.1. The Kier molecular flexibility index (Phi) is 5.27. The first-order chi connectivity index (χ1) is 11.2. The molecule has 1 heterocycles. The highest BCUT2D eigenvalue weighted by Gasteiger charge is 2.15. The predicted octanol–water partition coefficient (Wildman–Crippen LogP) is 2.26. The summed E-state index contributed by atoms with van der Waals surface area (Å²) < 4.78 is 26.1. The molecule has 4 nitrogen and oxygen atoms in total. The van der Waals surface area contributed by atoms with Gasteiger partial charge in [0, 0.05) is 29.9 Å². The van der Waals surface area contributed by atoms with E-state index in [-0.39, 0.29) is 17.8 Å². The molecule has 2 aromatic rings. The molecule has 0 saturated carbocycles. The second kappa shape index (κ2) is 7.20. The molecule has 2 N–H and O–H groups in total. The number of amides is 1. The van der Waals surface area contributed by atoms with Gasteiger partial charge in [-0.15, -0.1) is 0 Å². The Hall–Kier alpha value is -2.78.